The third kappa shape index (κ3) is 4.43. The number of hydrogen-bond donors (Lipinski definition) is 1. The fraction of sp³-hybridized carbons (Fsp3) is 0.375. The molecule has 2 aromatic rings. The van der Waals surface area contributed by atoms with Crippen molar-refractivity contribution >= 4 is 21.4 Å². The summed E-state index contributed by atoms with van der Waals surface area (Å²) >= 11 is 0. The van der Waals surface area contributed by atoms with Gasteiger partial charge in [-0.1, -0.05) is 42.3 Å². The lowest BCUT2D eigenvalue weighted by molar-refractivity contribution is -0.145. The van der Waals surface area contributed by atoms with Gasteiger partial charge in [-0.2, -0.15) is 0 Å². The van der Waals surface area contributed by atoms with Gasteiger partial charge in [0.05, 0.1) is 10.6 Å². The summed E-state index contributed by atoms with van der Waals surface area (Å²) in [6, 6.07) is 10.6. The molecule has 0 fully saturated rings. The molecule has 0 radical (unpaired) electrons. The van der Waals surface area contributed by atoms with Gasteiger partial charge in [0, 0.05) is 12.3 Å². The predicted molar refractivity (Wildman–Crippen MR) is 117 cm³/mol. The zero-order valence-corrected chi connectivity index (χ0v) is 18.8. The van der Waals surface area contributed by atoms with E-state index < -0.39 is 27.8 Å². The van der Waals surface area contributed by atoms with Crippen LogP contribution < -0.4 is 0 Å². The second-order valence-corrected chi connectivity index (χ2v) is 10.3. The van der Waals surface area contributed by atoms with E-state index in [1.54, 1.807) is 31.2 Å². The van der Waals surface area contributed by atoms with Crippen LogP contribution >= 0.6 is 0 Å². The second kappa shape index (κ2) is 8.26. The molecule has 160 valence electrons. The molecule has 2 unspecified atom stereocenters. The van der Waals surface area contributed by atoms with E-state index in [-0.39, 0.29) is 28.4 Å². The number of rotatable bonds is 5. The van der Waals surface area contributed by atoms with Crippen LogP contribution in [0.1, 0.15) is 41.2 Å². The Labute approximate surface area is 178 Å². The maximum Gasteiger partial charge on any atom is 0.342 e. The Kier molecular flexibility index (Phi) is 6.09. The Morgan fingerprint density at radius 3 is 2.13 bits per heavy atom. The van der Waals surface area contributed by atoms with Crippen molar-refractivity contribution in [3.05, 3.63) is 70.0 Å². The number of esters is 1. The molecule has 0 aliphatic carbocycles. The highest BCUT2D eigenvalue weighted by Gasteiger charge is 2.36. The lowest BCUT2D eigenvalue weighted by Gasteiger charge is -2.29. The summed E-state index contributed by atoms with van der Waals surface area (Å²) in [7, 11) is -3.53. The van der Waals surface area contributed by atoms with Crippen LogP contribution in [0.2, 0.25) is 0 Å². The molecule has 30 heavy (non-hydrogen) atoms. The van der Waals surface area contributed by atoms with Crippen molar-refractivity contribution in [2.75, 3.05) is 5.75 Å². The lowest BCUT2D eigenvalue weighted by Crippen LogP contribution is -2.34. The summed E-state index contributed by atoms with van der Waals surface area (Å²) in [5.41, 5.74) is 4.69. The molecule has 5 nitrogen and oxygen atoms in total. The lowest BCUT2D eigenvalue weighted by atomic mass is 9.89. The summed E-state index contributed by atoms with van der Waals surface area (Å²) in [6.07, 6.45) is -0.606. The molecule has 0 spiro atoms. The van der Waals surface area contributed by atoms with Crippen LogP contribution in [0.25, 0.3) is 5.57 Å². The predicted octanol–water partition coefficient (Wildman–Crippen LogP) is 4.61. The molecule has 3 rings (SSSR count). The zero-order chi connectivity index (χ0) is 22.2. The highest BCUT2D eigenvalue weighted by molar-refractivity contribution is 7.91. The molecule has 6 heteroatoms. The molecule has 0 saturated carbocycles. The van der Waals surface area contributed by atoms with Gasteiger partial charge in [0.15, 0.2) is 9.84 Å². The maximum atomic E-state index is 12.8. The standard InChI is InChI=1S/C24H28O5S/c1-14-6-8-19(9-7-14)30(27,28)13-18(5)21-12-20(25)23(24(26)29-21)22-16(3)10-15(2)11-17(22)4/h6-11,18,21,25H,12-13H2,1-5H3. The minimum atomic E-state index is -3.53. The smallest absolute Gasteiger partial charge is 0.342 e. The number of carbonyl (C=O) groups excluding carboxylic acids is 1. The quantitative estimate of drug-likeness (QED) is 0.703. The van der Waals surface area contributed by atoms with Gasteiger partial charge in [-0.05, 0) is 56.5 Å². The molecule has 1 N–H and O–H groups in total. The first-order valence-corrected chi connectivity index (χ1v) is 11.7. The molecule has 1 heterocycles. The normalized spacial score (nSPS) is 18.3. The monoisotopic (exact) mass is 428 g/mol. The van der Waals surface area contributed by atoms with E-state index in [1.165, 1.54) is 0 Å². The van der Waals surface area contributed by atoms with E-state index in [9.17, 15) is 18.3 Å². The highest BCUT2D eigenvalue weighted by atomic mass is 32.2. The number of carbonyl (C=O) groups is 1. The number of aliphatic hydroxyl groups excluding tert-OH is 1. The molecule has 2 atom stereocenters. The average molecular weight is 429 g/mol. The van der Waals surface area contributed by atoms with Crippen LogP contribution in [0.3, 0.4) is 0 Å². The van der Waals surface area contributed by atoms with Crippen LogP contribution in [-0.4, -0.2) is 31.4 Å². The fourth-order valence-corrected chi connectivity index (χ4v) is 5.73. The molecule has 0 saturated heterocycles. The Bertz CT molecular complexity index is 1090. The Morgan fingerprint density at radius 1 is 1.03 bits per heavy atom. The van der Waals surface area contributed by atoms with E-state index in [0.717, 1.165) is 22.3 Å². The van der Waals surface area contributed by atoms with Crippen molar-refractivity contribution in [1.82, 2.24) is 0 Å². The van der Waals surface area contributed by atoms with Crippen molar-refractivity contribution in [2.24, 2.45) is 5.92 Å². The van der Waals surface area contributed by atoms with E-state index in [0.29, 0.717) is 5.56 Å². The molecule has 0 aromatic heterocycles. The summed E-state index contributed by atoms with van der Waals surface area (Å²) in [5, 5.41) is 10.7. The van der Waals surface area contributed by atoms with E-state index >= 15 is 0 Å². The first-order chi connectivity index (χ1) is 14.0. The van der Waals surface area contributed by atoms with Gasteiger partial charge in [0.25, 0.3) is 0 Å². The SMILES string of the molecule is Cc1ccc(S(=O)(=O)CC(C)C2CC(O)=C(c3c(C)cc(C)cc3C)C(=O)O2)cc1. The van der Waals surface area contributed by atoms with Crippen molar-refractivity contribution in [3.63, 3.8) is 0 Å². The van der Waals surface area contributed by atoms with Crippen LogP contribution in [0.15, 0.2) is 47.1 Å². The van der Waals surface area contributed by atoms with Gasteiger partial charge in [-0.15, -0.1) is 0 Å². The van der Waals surface area contributed by atoms with Crippen LogP contribution in [0.5, 0.6) is 0 Å². The number of hydrogen-bond acceptors (Lipinski definition) is 5. The maximum absolute atomic E-state index is 12.8. The van der Waals surface area contributed by atoms with Crippen LogP contribution in [0, 0.1) is 33.6 Å². The third-order valence-corrected chi connectivity index (χ3v) is 7.52. The van der Waals surface area contributed by atoms with Gasteiger partial charge in [-0.3, -0.25) is 0 Å². The summed E-state index contributed by atoms with van der Waals surface area (Å²) < 4.78 is 31.1. The molecule has 1 aliphatic rings. The van der Waals surface area contributed by atoms with E-state index in [1.807, 2.05) is 39.8 Å². The van der Waals surface area contributed by atoms with Crippen molar-refractivity contribution < 1.29 is 23.1 Å². The Hall–Kier alpha value is -2.60. The number of benzene rings is 2. The zero-order valence-electron chi connectivity index (χ0n) is 18.0. The van der Waals surface area contributed by atoms with Gasteiger partial charge >= 0.3 is 5.97 Å². The number of cyclic esters (lactones) is 1. The second-order valence-electron chi connectivity index (χ2n) is 8.32. The molecule has 2 aromatic carbocycles. The molecule has 1 aliphatic heterocycles. The number of sulfone groups is 1. The first-order valence-electron chi connectivity index (χ1n) is 10.0. The molecule has 0 amide bonds. The molecular weight excluding hydrogens is 400 g/mol. The fourth-order valence-electron chi connectivity index (χ4n) is 4.08. The number of ether oxygens (including phenoxy) is 1. The summed E-state index contributed by atoms with van der Waals surface area (Å²) in [6.45, 7) is 9.38. The summed E-state index contributed by atoms with van der Waals surface area (Å²) in [4.78, 5) is 13.0. The highest BCUT2D eigenvalue weighted by Crippen LogP contribution is 2.35. The van der Waals surface area contributed by atoms with Gasteiger partial charge < -0.3 is 9.84 Å². The number of aliphatic hydroxyl groups is 1. The van der Waals surface area contributed by atoms with Crippen LogP contribution in [-0.2, 0) is 19.4 Å². The van der Waals surface area contributed by atoms with E-state index in [4.69, 9.17) is 4.74 Å². The topological polar surface area (TPSA) is 80.7 Å². The van der Waals surface area contributed by atoms with Crippen molar-refractivity contribution in [2.45, 2.75) is 52.0 Å². The van der Waals surface area contributed by atoms with Gasteiger partial charge in [0.2, 0.25) is 0 Å². The van der Waals surface area contributed by atoms with Gasteiger partial charge in [-0.25, -0.2) is 13.2 Å². The van der Waals surface area contributed by atoms with Crippen molar-refractivity contribution in [1.29, 1.82) is 0 Å². The summed E-state index contributed by atoms with van der Waals surface area (Å²) in [5.74, 6) is -1.30. The van der Waals surface area contributed by atoms with Gasteiger partial charge in [0.1, 0.15) is 17.4 Å². The van der Waals surface area contributed by atoms with E-state index in [2.05, 4.69) is 0 Å². The van der Waals surface area contributed by atoms with Crippen LogP contribution in [0.4, 0.5) is 0 Å². The minimum Gasteiger partial charge on any atom is -0.511 e. The number of aryl methyl sites for hydroxylation is 4. The minimum absolute atomic E-state index is 0.0501. The Balaban J connectivity index is 1.84. The van der Waals surface area contributed by atoms with Crippen molar-refractivity contribution in [3.8, 4) is 0 Å². The molecule has 0 bridgehead atoms. The Morgan fingerprint density at radius 2 is 1.60 bits per heavy atom. The average Bonchev–Trinajstić information content (AvgIpc) is 2.63. The third-order valence-electron chi connectivity index (χ3n) is 5.57. The largest absolute Gasteiger partial charge is 0.511 e. The first kappa shape index (κ1) is 22.1. The molecular formula is C24H28O5S.